The van der Waals surface area contributed by atoms with Gasteiger partial charge in [-0.25, -0.2) is 0 Å². The van der Waals surface area contributed by atoms with Crippen LogP contribution in [0.5, 0.6) is 0 Å². The molecule has 1 aromatic rings. The fourth-order valence-corrected chi connectivity index (χ4v) is 4.03. The lowest BCUT2D eigenvalue weighted by Gasteiger charge is -2.43. The van der Waals surface area contributed by atoms with Crippen LogP contribution in [0, 0.1) is 12.8 Å². The molecular formula is C21H31NO3. The Kier molecular flexibility index (Phi) is 5.80. The predicted molar refractivity (Wildman–Crippen MR) is 98.7 cm³/mol. The molecule has 2 saturated heterocycles. The molecule has 0 aromatic heterocycles. The van der Waals surface area contributed by atoms with Gasteiger partial charge in [-0.2, -0.15) is 0 Å². The summed E-state index contributed by atoms with van der Waals surface area (Å²) in [6.45, 7) is 9.99. The highest BCUT2D eigenvalue weighted by molar-refractivity contribution is 5.78. The van der Waals surface area contributed by atoms with Gasteiger partial charge < -0.3 is 14.4 Å². The van der Waals surface area contributed by atoms with E-state index in [9.17, 15) is 4.79 Å². The summed E-state index contributed by atoms with van der Waals surface area (Å²) in [7, 11) is 0. The first-order chi connectivity index (χ1) is 12.0. The molecule has 4 heteroatoms. The lowest BCUT2D eigenvalue weighted by molar-refractivity contribution is -0.138. The van der Waals surface area contributed by atoms with Gasteiger partial charge >= 0.3 is 0 Å². The number of nitrogens with zero attached hydrogens (tertiary/aromatic N) is 1. The van der Waals surface area contributed by atoms with Gasteiger partial charge in [-0.15, -0.1) is 0 Å². The van der Waals surface area contributed by atoms with Crippen molar-refractivity contribution in [3.63, 3.8) is 0 Å². The fraction of sp³-hybridized carbons (Fsp3) is 0.667. The van der Waals surface area contributed by atoms with Crippen molar-refractivity contribution in [1.82, 2.24) is 4.90 Å². The first-order valence-electron chi connectivity index (χ1n) is 9.54. The van der Waals surface area contributed by atoms with Crippen molar-refractivity contribution in [2.45, 2.75) is 51.6 Å². The van der Waals surface area contributed by atoms with Gasteiger partial charge in [0.15, 0.2) is 0 Å². The molecule has 2 fully saturated rings. The van der Waals surface area contributed by atoms with Crippen LogP contribution in [-0.2, 0) is 19.7 Å². The molecule has 1 amide bonds. The zero-order chi connectivity index (χ0) is 17.9. The number of rotatable bonds is 4. The molecule has 2 heterocycles. The molecule has 0 bridgehead atoms. The number of hydrogen-bond donors (Lipinski definition) is 0. The number of amides is 1. The summed E-state index contributed by atoms with van der Waals surface area (Å²) in [5.74, 6) is 0.719. The SMILES string of the molecule is Cc1ccc([C@]2(CC(=O)N3CCOCC3)CCO[C@@H](C(C)C)C2)cc1. The summed E-state index contributed by atoms with van der Waals surface area (Å²) < 4.78 is 11.4. The minimum Gasteiger partial charge on any atom is -0.378 e. The Morgan fingerprint density at radius 3 is 2.52 bits per heavy atom. The number of morpholine rings is 1. The van der Waals surface area contributed by atoms with Crippen molar-refractivity contribution >= 4 is 5.91 Å². The van der Waals surface area contributed by atoms with Crippen molar-refractivity contribution in [3.8, 4) is 0 Å². The third-order valence-corrected chi connectivity index (χ3v) is 5.77. The average Bonchev–Trinajstić information content (AvgIpc) is 2.63. The second kappa shape index (κ2) is 7.88. The number of aryl methyl sites for hydroxylation is 1. The highest BCUT2D eigenvalue weighted by Gasteiger charge is 2.42. The average molecular weight is 345 g/mol. The van der Waals surface area contributed by atoms with Gasteiger partial charge in [0.05, 0.1) is 19.3 Å². The van der Waals surface area contributed by atoms with Crippen LogP contribution in [-0.4, -0.2) is 49.8 Å². The number of benzene rings is 1. The summed E-state index contributed by atoms with van der Waals surface area (Å²) in [5, 5.41) is 0. The Hall–Kier alpha value is -1.39. The van der Waals surface area contributed by atoms with Crippen LogP contribution >= 0.6 is 0 Å². The van der Waals surface area contributed by atoms with E-state index in [1.54, 1.807) is 0 Å². The lowest BCUT2D eigenvalue weighted by atomic mass is 9.68. The van der Waals surface area contributed by atoms with Gasteiger partial charge in [-0.05, 0) is 31.2 Å². The molecule has 138 valence electrons. The van der Waals surface area contributed by atoms with Crippen LogP contribution in [0.25, 0.3) is 0 Å². The van der Waals surface area contributed by atoms with Crippen molar-refractivity contribution in [2.24, 2.45) is 5.92 Å². The van der Waals surface area contributed by atoms with E-state index in [0.717, 1.165) is 19.4 Å². The molecule has 25 heavy (non-hydrogen) atoms. The molecule has 0 unspecified atom stereocenters. The molecule has 4 nitrogen and oxygen atoms in total. The predicted octanol–water partition coefficient (Wildman–Crippen LogP) is 3.32. The van der Waals surface area contributed by atoms with E-state index in [1.807, 2.05) is 4.90 Å². The van der Waals surface area contributed by atoms with E-state index >= 15 is 0 Å². The maximum absolute atomic E-state index is 13.0. The largest absolute Gasteiger partial charge is 0.378 e. The third-order valence-electron chi connectivity index (χ3n) is 5.77. The number of ether oxygens (including phenoxy) is 2. The van der Waals surface area contributed by atoms with E-state index in [1.165, 1.54) is 11.1 Å². The second-order valence-corrected chi connectivity index (χ2v) is 7.92. The van der Waals surface area contributed by atoms with Gasteiger partial charge in [-0.3, -0.25) is 4.79 Å². The van der Waals surface area contributed by atoms with Crippen LogP contribution in [0.4, 0.5) is 0 Å². The zero-order valence-electron chi connectivity index (χ0n) is 15.8. The van der Waals surface area contributed by atoms with Gasteiger partial charge in [0.1, 0.15) is 0 Å². The van der Waals surface area contributed by atoms with Crippen molar-refractivity contribution < 1.29 is 14.3 Å². The topological polar surface area (TPSA) is 38.8 Å². The van der Waals surface area contributed by atoms with E-state index < -0.39 is 0 Å². The zero-order valence-corrected chi connectivity index (χ0v) is 15.8. The molecule has 1 aromatic carbocycles. The second-order valence-electron chi connectivity index (χ2n) is 7.92. The third kappa shape index (κ3) is 4.24. The van der Waals surface area contributed by atoms with Crippen molar-refractivity contribution in [2.75, 3.05) is 32.9 Å². The maximum atomic E-state index is 13.0. The van der Waals surface area contributed by atoms with Crippen molar-refractivity contribution in [3.05, 3.63) is 35.4 Å². The van der Waals surface area contributed by atoms with Gasteiger partial charge in [-0.1, -0.05) is 43.7 Å². The first kappa shape index (κ1) is 18.4. The quantitative estimate of drug-likeness (QED) is 0.840. The van der Waals surface area contributed by atoms with Crippen LogP contribution in [0.2, 0.25) is 0 Å². The number of carbonyl (C=O) groups excluding carboxylic acids is 1. The summed E-state index contributed by atoms with van der Waals surface area (Å²) in [6, 6.07) is 8.75. The standard InChI is InChI=1S/C21H31NO3/c1-16(2)19-14-21(8-11-25-19,18-6-4-17(3)5-7-18)15-20(23)22-9-12-24-13-10-22/h4-7,16,19H,8-15H2,1-3H3/t19-,21-/m1/s1. The molecule has 0 saturated carbocycles. The number of carbonyl (C=O) groups is 1. The molecular weight excluding hydrogens is 314 g/mol. The molecule has 0 radical (unpaired) electrons. The Balaban J connectivity index is 1.85. The summed E-state index contributed by atoms with van der Waals surface area (Å²) in [4.78, 5) is 15.0. The van der Waals surface area contributed by atoms with Crippen LogP contribution in [0.15, 0.2) is 24.3 Å². The van der Waals surface area contributed by atoms with E-state index in [4.69, 9.17) is 9.47 Å². The van der Waals surface area contributed by atoms with Gasteiger partial charge in [0, 0.05) is 31.5 Å². The molecule has 3 rings (SSSR count). The maximum Gasteiger partial charge on any atom is 0.223 e. The van der Waals surface area contributed by atoms with E-state index in [2.05, 4.69) is 45.0 Å². The van der Waals surface area contributed by atoms with Crippen molar-refractivity contribution in [1.29, 1.82) is 0 Å². The Morgan fingerprint density at radius 2 is 1.88 bits per heavy atom. The van der Waals surface area contributed by atoms with E-state index in [0.29, 0.717) is 38.6 Å². The molecule has 0 spiro atoms. The summed E-state index contributed by atoms with van der Waals surface area (Å²) in [5.41, 5.74) is 2.43. The van der Waals surface area contributed by atoms with E-state index in [-0.39, 0.29) is 17.4 Å². The molecule has 0 N–H and O–H groups in total. The minimum absolute atomic E-state index is 0.115. The number of hydrogen-bond acceptors (Lipinski definition) is 3. The monoisotopic (exact) mass is 345 g/mol. The molecule has 2 aliphatic rings. The highest BCUT2D eigenvalue weighted by atomic mass is 16.5. The first-order valence-corrected chi connectivity index (χ1v) is 9.54. The molecule has 2 aliphatic heterocycles. The molecule has 2 atom stereocenters. The Morgan fingerprint density at radius 1 is 1.20 bits per heavy atom. The van der Waals surface area contributed by atoms with Gasteiger partial charge in [0.25, 0.3) is 0 Å². The summed E-state index contributed by atoms with van der Waals surface area (Å²) >= 11 is 0. The lowest BCUT2D eigenvalue weighted by Crippen LogP contribution is -2.47. The Bertz CT molecular complexity index is 577. The van der Waals surface area contributed by atoms with Gasteiger partial charge in [0.2, 0.25) is 5.91 Å². The van der Waals surface area contributed by atoms with Crippen LogP contribution in [0.3, 0.4) is 0 Å². The van der Waals surface area contributed by atoms with Crippen LogP contribution in [0.1, 0.15) is 44.2 Å². The molecule has 0 aliphatic carbocycles. The normalized spacial score (nSPS) is 27.5. The highest BCUT2D eigenvalue weighted by Crippen LogP contribution is 2.42. The Labute approximate surface area is 151 Å². The fourth-order valence-electron chi connectivity index (χ4n) is 4.03. The smallest absolute Gasteiger partial charge is 0.223 e. The summed E-state index contributed by atoms with van der Waals surface area (Å²) in [6.07, 6.45) is 2.62. The minimum atomic E-state index is -0.115. The van der Waals surface area contributed by atoms with Crippen LogP contribution < -0.4 is 0 Å².